The third kappa shape index (κ3) is 3.27. The number of aromatic nitrogens is 1. The highest BCUT2D eigenvalue weighted by atomic mass is 16.4. The van der Waals surface area contributed by atoms with Gasteiger partial charge >= 0.3 is 5.97 Å². The SMILES string of the molecule is O=C(O)[C@H]1CCCC[C@H]1NCc1ccccn1. The molecule has 0 amide bonds. The Morgan fingerprint density at radius 1 is 1.41 bits per heavy atom. The summed E-state index contributed by atoms with van der Waals surface area (Å²) in [6, 6.07) is 5.86. The van der Waals surface area contributed by atoms with Crippen LogP contribution >= 0.6 is 0 Å². The average molecular weight is 234 g/mol. The van der Waals surface area contributed by atoms with Gasteiger partial charge in [-0.3, -0.25) is 9.78 Å². The molecule has 1 aliphatic rings. The van der Waals surface area contributed by atoms with E-state index in [1.54, 1.807) is 6.20 Å². The Kier molecular flexibility index (Phi) is 4.09. The number of nitrogens with zero attached hydrogens (tertiary/aromatic N) is 1. The standard InChI is InChI=1S/C13H18N2O2/c16-13(17)11-6-1-2-7-12(11)15-9-10-5-3-4-8-14-10/h3-5,8,11-12,15H,1-2,6-7,9H2,(H,16,17)/t11-,12+/m0/s1. The van der Waals surface area contributed by atoms with Gasteiger partial charge in [0.25, 0.3) is 0 Å². The summed E-state index contributed by atoms with van der Waals surface area (Å²) < 4.78 is 0. The van der Waals surface area contributed by atoms with Crippen molar-refractivity contribution in [2.24, 2.45) is 5.92 Å². The number of pyridine rings is 1. The Morgan fingerprint density at radius 3 is 2.94 bits per heavy atom. The largest absolute Gasteiger partial charge is 0.481 e. The summed E-state index contributed by atoms with van der Waals surface area (Å²) in [5.74, 6) is -0.921. The predicted molar refractivity (Wildman–Crippen MR) is 64.5 cm³/mol. The van der Waals surface area contributed by atoms with Gasteiger partial charge in [-0.25, -0.2) is 0 Å². The minimum atomic E-state index is -0.678. The Labute approximate surface area is 101 Å². The highest BCUT2D eigenvalue weighted by Gasteiger charge is 2.30. The molecule has 0 aromatic carbocycles. The summed E-state index contributed by atoms with van der Waals surface area (Å²) in [6.07, 6.45) is 5.63. The maximum atomic E-state index is 11.1. The quantitative estimate of drug-likeness (QED) is 0.834. The van der Waals surface area contributed by atoms with Crippen LogP contribution in [0.1, 0.15) is 31.4 Å². The number of aliphatic carboxylic acids is 1. The lowest BCUT2D eigenvalue weighted by atomic mass is 9.84. The Bertz CT molecular complexity index is 367. The van der Waals surface area contributed by atoms with Crippen molar-refractivity contribution in [2.45, 2.75) is 38.3 Å². The minimum Gasteiger partial charge on any atom is -0.481 e. The zero-order valence-electron chi connectivity index (χ0n) is 9.80. The first-order valence-corrected chi connectivity index (χ1v) is 6.13. The van der Waals surface area contributed by atoms with Crippen LogP contribution < -0.4 is 5.32 Å². The van der Waals surface area contributed by atoms with E-state index < -0.39 is 5.97 Å². The fourth-order valence-electron chi connectivity index (χ4n) is 2.41. The van der Waals surface area contributed by atoms with Crippen molar-refractivity contribution < 1.29 is 9.90 Å². The van der Waals surface area contributed by atoms with Gasteiger partial charge < -0.3 is 10.4 Å². The van der Waals surface area contributed by atoms with E-state index in [-0.39, 0.29) is 12.0 Å². The second-order valence-electron chi connectivity index (χ2n) is 4.54. The van der Waals surface area contributed by atoms with Crippen LogP contribution in [0, 0.1) is 5.92 Å². The maximum absolute atomic E-state index is 11.1. The van der Waals surface area contributed by atoms with Crippen molar-refractivity contribution in [1.82, 2.24) is 10.3 Å². The molecular formula is C13H18N2O2. The lowest BCUT2D eigenvalue weighted by molar-refractivity contribution is -0.143. The number of nitrogens with one attached hydrogen (secondary N) is 1. The summed E-state index contributed by atoms with van der Waals surface area (Å²) in [5, 5.41) is 12.5. The van der Waals surface area contributed by atoms with Gasteiger partial charge in [0.1, 0.15) is 0 Å². The van der Waals surface area contributed by atoms with Crippen LogP contribution in [0.25, 0.3) is 0 Å². The van der Waals surface area contributed by atoms with Crippen LogP contribution in [-0.2, 0) is 11.3 Å². The van der Waals surface area contributed by atoms with Gasteiger partial charge in [-0.2, -0.15) is 0 Å². The number of rotatable bonds is 4. The molecule has 4 nitrogen and oxygen atoms in total. The van der Waals surface area contributed by atoms with Crippen molar-refractivity contribution >= 4 is 5.97 Å². The first kappa shape index (κ1) is 12.0. The fourth-order valence-corrected chi connectivity index (χ4v) is 2.41. The topological polar surface area (TPSA) is 62.2 Å². The van der Waals surface area contributed by atoms with Crippen LogP contribution in [0.5, 0.6) is 0 Å². The highest BCUT2D eigenvalue weighted by Crippen LogP contribution is 2.24. The Balaban J connectivity index is 1.90. The van der Waals surface area contributed by atoms with Crippen LogP contribution in [0.4, 0.5) is 0 Å². The molecule has 2 rings (SSSR count). The number of carboxylic acid groups (broad SMARTS) is 1. The van der Waals surface area contributed by atoms with E-state index in [1.165, 1.54) is 0 Å². The van der Waals surface area contributed by atoms with E-state index in [0.717, 1.165) is 31.4 Å². The molecule has 1 aliphatic carbocycles. The monoisotopic (exact) mass is 234 g/mol. The highest BCUT2D eigenvalue weighted by molar-refractivity contribution is 5.71. The predicted octanol–water partition coefficient (Wildman–Crippen LogP) is 1.81. The van der Waals surface area contributed by atoms with Gasteiger partial charge in [-0.05, 0) is 25.0 Å². The zero-order chi connectivity index (χ0) is 12.1. The summed E-state index contributed by atoms with van der Waals surface area (Å²) in [4.78, 5) is 15.3. The van der Waals surface area contributed by atoms with E-state index in [1.807, 2.05) is 18.2 Å². The molecule has 1 heterocycles. The molecule has 1 aromatic heterocycles. The molecule has 0 saturated heterocycles. The van der Waals surface area contributed by atoms with Crippen molar-refractivity contribution in [3.63, 3.8) is 0 Å². The third-order valence-corrected chi connectivity index (χ3v) is 3.35. The molecule has 2 N–H and O–H groups in total. The second-order valence-corrected chi connectivity index (χ2v) is 4.54. The van der Waals surface area contributed by atoms with E-state index in [4.69, 9.17) is 5.11 Å². The van der Waals surface area contributed by atoms with Gasteiger partial charge in [0.05, 0.1) is 11.6 Å². The van der Waals surface area contributed by atoms with Crippen molar-refractivity contribution in [3.05, 3.63) is 30.1 Å². The smallest absolute Gasteiger partial charge is 0.308 e. The zero-order valence-corrected chi connectivity index (χ0v) is 9.80. The van der Waals surface area contributed by atoms with Crippen LogP contribution in [0.2, 0.25) is 0 Å². The third-order valence-electron chi connectivity index (χ3n) is 3.35. The molecule has 1 saturated carbocycles. The van der Waals surface area contributed by atoms with Crippen LogP contribution in [0.15, 0.2) is 24.4 Å². The van der Waals surface area contributed by atoms with Gasteiger partial charge in [0.2, 0.25) is 0 Å². The normalized spacial score (nSPS) is 24.5. The molecular weight excluding hydrogens is 216 g/mol. The van der Waals surface area contributed by atoms with Crippen molar-refractivity contribution in [3.8, 4) is 0 Å². The molecule has 17 heavy (non-hydrogen) atoms. The summed E-state index contributed by atoms with van der Waals surface area (Å²) >= 11 is 0. The summed E-state index contributed by atoms with van der Waals surface area (Å²) in [7, 11) is 0. The van der Waals surface area contributed by atoms with Crippen molar-refractivity contribution in [2.75, 3.05) is 0 Å². The molecule has 92 valence electrons. The van der Waals surface area contributed by atoms with E-state index in [9.17, 15) is 4.79 Å². The number of carboxylic acids is 1. The fraction of sp³-hybridized carbons (Fsp3) is 0.538. The number of carbonyl (C=O) groups is 1. The molecule has 0 spiro atoms. The summed E-state index contributed by atoms with van der Waals surface area (Å²) in [6.45, 7) is 0.648. The molecule has 0 bridgehead atoms. The maximum Gasteiger partial charge on any atom is 0.308 e. The lowest BCUT2D eigenvalue weighted by Crippen LogP contribution is -2.42. The summed E-state index contributed by atoms with van der Waals surface area (Å²) in [5.41, 5.74) is 0.960. The van der Waals surface area contributed by atoms with Crippen LogP contribution in [-0.4, -0.2) is 22.1 Å². The molecule has 2 atom stereocenters. The number of hydrogen-bond acceptors (Lipinski definition) is 3. The molecule has 0 unspecified atom stereocenters. The van der Waals surface area contributed by atoms with Gasteiger partial charge in [-0.15, -0.1) is 0 Å². The molecule has 4 heteroatoms. The van der Waals surface area contributed by atoms with E-state index in [2.05, 4.69) is 10.3 Å². The molecule has 0 aliphatic heterocycles. The Morgan fingerprint density at radius 2 is 2.24 bits per heavy atom. The van der Waals surface area contributed by atoms with Gasteiger partial charge in [-0.1, -0.05) is 18.9 Å². The first-order chi connectivity index (χ1) is 8.27. The molecule has 1 fully saturated rings. The van der Waals surface area contributed by atoms with Gasteiger partial charge in [0, 0.05) is 18.8 Å². The van der Waals surface area contributed by atoms with Gasteiger partial charge in [0.15, 0.2) is 0 Å². The molecule has 0 radical (unpaired) electrons. The van der Waals surface area contributed by atoms with Crippen LogP contribution in [0.3, 0.4) is 0 Å². The van der Waals surface area contributed by atoms with E-state index in [0.29, 0.717) is 6.54 Å². The molecule has 1 aromatic rings. The average Bonchev–Trinajstić information content (AvgIpc) is 2.38. The second kappa shape index (κ2) is 5.77. The minimum absolute atomic E-state index is 0.0863. The Hall–Kier alpha value is -1.42. The first-order valence-electron chi connectivity index (χ1n) is 6.13. The van der Waals surface area contributed by atoms with Crippen molar-refractivity contribution in [1.29, 1.82) is 0 Å². The van der Waals surface area contributed by atoms with E-state index >= 15 is 0 Å². The lowest BCUT2D eigenvalue weighted by Gasteiger charge is -2.29. The number of hydrogen-bond donors (Lipinski definition) is 2.